The van der Waals surface area contributed by atoms with Gasteiger partial charge in [-0.1, -0.05) is 11.6 Å². The number of imide groups is 1. The number of rotatable bonds is 4. The number of halogens is 3. The summed E-state index contributed by atoms with van der Waals surface area (Å²) in [6, 6.07) is 9.05. The van der Waals surface area contributed by atoms with E-state index >= 15 is 0 Å². The fourth-order valence-corrected chi connectivity index (χ4v) is 4.12. The number of carbonyl (C=O) groups excluding carboxylic acids is 4. The maximum Gasteiger partial charge on any atom is 0.416 e. The summed E-state index contributed by atoms with van der Waals surface area (Å²) in [5.41, 5.74) is 0.856. The van der Waals surface area contributed by atoms with E-state index in [9.17, 15) is 32.3 Å². The lowest BCUT2D eigenvalue weighted by atomic mass is 10.1. The van der Waals surface area contributed by atoms with Crippen molar-refractivity contribution in [3.8, 4) is 0 Å². The summed E-state index contributed by atoms with van der Waals surface area (Å²) in [6.07, 6.45) is -4.50. The van der Waals surface area contributed by atoms with Gasteiger partial charge < -0.3 is 9.80 Å². The Labute approximate surface area is 193 Å². The molecule has 10 heteroatoms. The van der Waals surface area contributed by atoms with Crippen LogP contribution in [0.3, 0.4) is 0 Å². The second kappa shape index (κ2) is 8.92. The maximum atomic E-state index is 12.7. The number of fused-ring (bicyclic) bond motifs is 1. The van der Waals surface area contributed by atoms with Gasteiger partial charge >= 0.3 is 6.18 Å². The van der Waals surface area contributed by atoms with Gasteiger partial charge in [0.15, 0.2) is 0 Å². The van der Waals surface area contributed by atoms with Crippen LogP contribution >= 0.6 is 0 Å². The molecule has 7 nitrogen and oxygen atoms in total. The van der Waals surface area contributed by atoms with Crippen molar-refractivity contribution in [2.45, 2.75) is 19.5 Å². The lowest BCUT2D eigenvalue weighted by molar-refractivity contribution is -0.137. The number of hydrogen-bond donors (Lipinski definition) is 0. The highest BCUT2D eigenvalue weighted by atomic mass is 19.4. The van der Waals surface area contributed by atoms with E-state index in [0.29, 0.717) is 11.1 Å². The molecule has 1 fully saturated rings. The molecule has 0 saturated carbocycles. The van der Waals surface area contributed by atoms with Crippen molar-refractivity contribution in [2.75, 3.05) is 32.7 Å². The third-order valence-electron chi connectivity index (χ3n) is 6.05. The van der Waals surface area contributed by atoms with Crippen LogP contribution in [0.25, 0.3) is 0 Å². The summed E-state index contributed by atoms with van der Waals surface area (Å²) in [5, 5.41) is 0. The SMILES string of the molecule is Cc1ccc2c(c1)C(=O)N(CCC(=O)N1CCN(C(=O)c3ccc(C(F)(F)F)cc3)CC1)C2=O. The van der Waals surface area contributed by atoms with E-state index in [4.69, 9.17) is 0 Å². The highest BCUT2D eigenvalue weighted by molar-refractivity contribution is 6.21. The summed E-state index contributed by atoms with van der Waals surface area (Å²) < 4.78 is 38.1. The first-order valence-corrected chi connectivity index (χ1v) is 10.8. The fraction of sp³-hybridized carbons (Fsp3) is 0.333. The van der Waals surface area contributed by atoms with E-state index in [1.165, 1.54) is 4.90 Å². The van der Waals surface area contributed by atoms with Gasteiger partial charge in [-0.2, -0.15) is 13.2 Å². The van der Waals surface area contributed by atoms with Crippen LogP contribution < -0.4 is 0 Å². The van der Waals surface area contributed by atoms with Crippen molar-refractivity contribution in [3.05, 3.63) is 70.3 Å². The van der Waals surface area contributed by atoms with Crippen molar-refractivity contribution in [3.63, 3.8) is 0 Å². The summed E-state index contributed by atoms with van der Waals surface area (Å²) in [5.74, 6) is -1.47. The van der Waals surface area contributed by atoms with Gasteiger partial charge in [0.2, 0.25) is 5.91 Å². The average molecular weight is 473 g/mol. The van der Waals surface area contributed by atoms with Gasteiger partial charge in [-0.25, -0.2) is 0 Å². The minimum atomic E-state index is -4.47. The molecule has 0 atom stereocenters. The Kier molecular flexibility index (Phi) is 6.16. The number of piperazine rings is 1. The van der Waals surface area contributed by atoms with E-state index in [-0.39, 0.29) is 50.6 Å². The number of carbonyl (C=O) groups is 4. The molecule has 0 aromatic heterocycles. The van der Waals surface area contributed by atoms with E-state index in [1.807, 2.05) is 6.92 Å². The van der Waals surface area contributed by atoms with Crippen LogP contribution in [0.1, 0.15) is 48.6 Å². The molecule has 1 saturated heterocycles. The molecule has 178 valence electrons. The standard InChI is InChI=1S/C24H22F3N3O4/c1-15-2-7-18-19(14-15)23(34)30(22(18)33)9-8-20(31)28-10-12-29(13-11-28)21(32)16-3-5-17(6-4-16)24(25,26)27/h2-7,14H,8-13H2,1H3. The Bertz CT molecular complexity index is 1150. The maximum absolute atomic E-state index is 12.7. The quantitative estimate of drug-likeness (QED) is 0.640. The van der Waals surface area contributed by atoms with E-state index in [0.717, 1.165) is 34.7 Å². The molecule has 0 radical (unpaired) electrons. The summed E-state index contributed by atoms with van der Waals surface area (Å²) in [7, 11) is 0. The number of nitrogens with zero attached hydrogens (tertiary/aromatic N) is 3. The largest absolute Gasteiger partial charge is 0.416 e. The van der Waals surface area contributed by atoms with Crippen LogP contribution in [-0.2, 0) is 11.0 Å². The van der Waals surface area contributed by atoms with Gasteiger partial charge in [-0.05, 0) is 43.3 Å². The van der Waals surface area contributed by atoms with Gasteiger partial charge in [-0.3, -0.25) is 24.1 Å². The minimum Gasteiger partial charge on any atom is -0.339 e. The lowest BCUT2D eigenvalue weighted by Gasteiger charge is -2.35. The monoisotopic (exact) mass is 473 g/mol. The smallest absolute Gasteiger partial charge is 0.339 e. The molecule has 2 heterocycles. The summed E-state index contributed by atoms with van der Waals surface area (Å²) in [6.45, 7) is 2.77. The molecule has 2 aliphatic heterocycles. The minimum absolute atomic E-state index is 0.0305. The van der Waals surface area contributed by atoms with E-state index in [1.54, 1.807) is 23.1 Å². The lowest BCUT2D eigenvalue weighted by Crippen LogP contribution is -2.51. The first-order chi connectivity index (χ1) is 16.1. The van der Waals surface area contributed by atoms with Crippen molar-refractivity contribution < 1.29 is 32.3 Å². The Morgan fingerprint density at radius 2 is 1.44 bits per heavy atom. The van der Waals surface area contributed by atoms with Crippen molar-refractivity contribution in [1.29, 1.82) is 0 Å². The molecule has 2 aliphatic rings. The number of aryl methyl sites for hydroxylation is 1. The normalized spacial score (nSPS) is 16.2. The zero-order valence-corrected chi connectivity index (χ0v) is 18.4. The van der Waals surface area contributed by atoms with E-state index in [2.05, 4.69) is 0 Å². The van der Waals surface area contributed by atoms with Crippen LogP contribution in [0.4, 0.5) is 13.2 Å². The third-order valence-corrected chi connectivity index (χ3v) is 6.05. The van der Waals surface area contributed by atoms with Crippen LogP contribution in [0, 0.1) is 6.92 Å². The van der Waals surface area contributed by atoms with Crippen molar-refractivity contribution in [2.24, 2.45) is 0 Å². The average Bonchev–Trinajstić information content (AvgIpc) is 3.05. The molecule has 4 rings (SSSR count). The molecule has 0 unspecified atom stereocenters. The highest BCUT2D eigenvalue weighted by Crippen LogP contribution is 2.29. The predicted molar refractivity (Wildman–Crippen MR) is 115 cm³/mol. The number of benzene rings is 2. The van der Waals surface area contributed by atoms with Crippen LogP contribution in [-0.4, -0.2) is 71.1 Å². The first-order valence-electron chi connectivity index (χ1n) is 10.8. The highest BCUT2D eigenvalue weighted by Gasteiger charge is 2.36. The van der Waals surface area contributed by atoms with Crippen molar-refractivity contribution in [1.82, 2.24) is 14.7 Å². The Hall–Kier alpha value is -3.69. The molecule has 0 spiro atoms. The van der Waals surface area contributed by atoms with Gasteiger partial charge in [0.05, 0.1) is 16.7 Å². The second-order valence-corrected chi connectivity index (χ2v) is 8.31. The molecule has 4 amide bonds. The van der Waals surface area contributed by atoms with Gasteiger partial charge in [0, 0.05) is 44.7 Å². The summed E-state index contributed by atoms with van der Waals surface area (Å²) in [4.78, 5) is 54.4. The fourth-order valence-electron chi connectivity index (χ4n) is 4.12. The first kappa shape index (κ1) is 23.5. The second-order valence-electron chi connectivity index (χ2n) is 8.31. The Morgan fingerprint density at radius 1 is 0.853 bits per heavy atom. The van der Waals surface area contributed by atoms with E-state index < -0.39 is 29.5 Å². The molecule has 34 heavy (non-hydrogen) atoms. The number of alkyl halides is 3. The van der Waals surface area contributed by atoms with Crippen LogP contribution in [0.15, 0.2) is 42.5 Å². The van der Waals surface area contributed by atoms with Crippen LogP contribution in [0.2, 0.25) is 0 Å². The molecule has 0 bridgehead atoms. The zero-order chi connectivity index (χ0) is 24.6. The van der Waals surface area contributed by atoms with Crippen molar-refractivity contribution >= 4 is 23.6 Å². The molecule has 2 aromatic rings. The predicted octanol–water partition coefficient (Wildman–Crippen LogP) is 2.98. The molecule has 0 N–H and O–H groups in total. The van der Waals surface area contributed by atoms with Gasteiger partial charge in [0.25, 0.3) is 17.7 Å². The molecular formula is C24H22F3N3O4. The summed E-state index contributed by atoms with van der Waals surface area (Å²) >= 11 is 0. The Morgan fingerprint density at radius 3 is 2.06 bits per heavy atom. The van der Waals surface area contributed by atoms with Gasteiger partial charge in [-0.15, -0.1) is 0 Å². The molecule has 0 aliphatic carbocycles. The van der Waals surface area contributed by atoms with Gasteiger partial charge in [0.1, 0.15) is 0 Å². The number of amides is 4. The topological polar surface area (TPSA) is 78.0 Å². The Balaban J connectivity index is 1.29. The number of hydrogen-bond acceptors (Lipinski definition) is 4. The third kappa shape index (κ3) is 4.52. The zero-order valence-electron chi connectivity index (χ0n) is 18.4. The van der Waals surface area contributed by atoms with Crippen LogP contribution in [0.5, 0.6) is 0 Å². The molecule has 2 aromatic carbocycles. The molecular weight excluding hydrogens is 451 g/mol.